The Balaban J connectivity index is 1.51. The van der Waals surface area contributed by atoms with Gasteiger partial charge >= 0.3 is 0 Å². The normalized spacial score (nSPS) is 26.2. The second-order valence-corrected chi connectivity index (χ2v) is 10.6. The minimum atomic E-state index is -0.920. The first-order valence-corrected chi connectivity index (χ1v) is 13.0. The van der Waals surface area contributed by atoms with Crippen molar-refractivity contribution in [3.8, 4) is 0 Å². The number of nitrogens with one attached hydrogen (secondary N) is 2. The molecular formula is C25H30ClF2N7O2. The molecule has 2 fully saturated rings. The van der Waals surface area contributed by atoms with Crippen molar-refractivity contribution in [1.82, 2.24) is 19.5 Å². The van der Waals surface area contributed by atoms with E-state index in [-0.39, 0.29) is 46.9 Å². The molecule has 198 valence electrons. The number of hydrogen-bond donors (Lipinski definition) is 4. The summed E-state index contributed by atoms with van der Waals surface area (Å²) in [6, 6.07) is 2.13. The van der Waals surface area contributed by atoms with Gasteiger partial charge < -0.3 is 21.5 Å². The highest BCUT2D eigenvalue weighted by Crippen LogP contribution is 2.38. The number of aliphatic hydroxyl groups is 1. The molecule has 0 spiro atoms. The highest BCUT2D eigenvalue weighted by molar-refractivity contribution is 6.31. The molecule has 0 bridgehead atoms. The maximum atomic E-state index is 14.7. The van der Waals surface area contributed by atoms with Crippen molar-refractivity contribution in [1.29, 1.82) is 0 Å². The number of imidazole rings is 1. The fraction of sp³-hybridized carbons (Fsp3) is 0.520. The van der Waals surface area contributed by atoms with E-state index in [1.807, 2.05) is 11.5 Å². The SMILES string of the molecule is C[C@@H]1CC[C@@H](Nc2ncc3nc(Nc4c(F)ccc(Cl)c4F)n(C4CCC(C(N)=O)CC4)c3n2)CC1O. The van der Waals surface area contributed by atoms with Gasteiger partial charge in [-0.3, -0.25) is 9.36 Å². The van der Waals surface area contributed by atoms with Crippen molar-refractivity contribution < 1.29 is 18.7 Å². The molecule has 2 aromatic heterocycles. The van der Waals surface area contributed by atoms with Gasteiger partial charge in [-0.25, -0.2) is 18.7 Å². The average Bonchev–Trinajstić information content (AvgIpc) is 3.23. The Morgan fingerprint density at radius 3 is 2.62 bits per heavy atom. The van der Waals surface area contributed by atoms with Crippen LogP contribution in [0.4, 0.5) is 26.4 Å². The summed E-state index contributed by atoms with van der Waals surface area (Å²) in [7, 11) is 0. The third-order valence-corrected chi connectivity index (χ3v) is 7.96. The summed E-state index contributed by atoms with van der Waals surface area (Å²) in [5, 5.41) is 16.2. The minimum Gasteiger partial charge on any atom is -0.393 e. The van der Waals surface area contributed by atoms with Crippen LogP contribution in [0.25, 0.3) is 11.2 Å². The van der Waals surface area contributed by atoms with Gasteiger partial charge in [0, 0.05) is 18.0 Å². The Bertz CT molecular complexity index is 1310. The smallest absolute Gasteiger partial charge is 0.224 e. The molecule has 0 radical (unpaired) electrons. The Morgan fingerprint density at radius 2 is 1.92 bits per heavy atom. The number of anilines is 3. The van der Waals surface area contributed by atoms with E-state index in [9.17, 15) is 18.7 Å². The number of aliphatic hydroxyl groups excluding tert-OH is 1. The molecule has 9 nitrogen and oxygen atoms in total. The summed E-state index contributed by atoms with van der Waals surface area (Å²) < 4.78 is 31.1. The van der Waals surface area contributed by atoms with E-state index < -0.39 is 17.3 Å². The van der Waals surface area contributed by atoms with Crippen molar-refractivity contribution in [3.63, 3.8) is 0 Å². The molecule has 37 heavy (non-hydrogen) atoms. The number of fused-ring (bicyclic) bond motifs is 1. The lowest BCUT2D eigenvalue weighted by atomic mass is 9.85. The van der Waals surface area contributed by atoms with Crippen LogP contribution in [-0.4, -0.2) is 42.7 Å². The van der Waals surface area contributed by atoms with Gasteiger partial charge in [0.15, 0.2) is 11.5 Å². The molecule has 2 saturated carbocycles. The van der Waals surface area contributed by atoms with Gasteiger partial charge in [0.05, 0.1) is 17.3 Å². The standard InChI is InChI=1S/C25H30ClF2N7O2/c1-12-2-5-14(10-19(12)36)31-24-30-11-18-23(34-24)35(15-6-3-13(4-7-15)22(29)37)25(32-18)33-21-17(27)9-8-16(26)20(21)28/h8-9,11-15,19,36H,2-7,10H2,1H3,(H2,29,37)(H,32,33)(H,30,31,34)/t12-,13?,14-,15?,19?/m1/s1. The molecule has 1 unspecified atom stereocenters. The van der Waals surface area contributed by atoms with E-state index in [2.05, 4.69) is 20.6 Å². The van der Waals surface area contributed by atoms with Crippen LogP contribution in [0.15, 0.2) is 18.3 Å². The molecule has 2 aliphatic carbocycles. The van der Waals surface area contributed by atoms with E-state index in [4.69, 9.17) is 22.3 Å². The van der Waals surface area contributed by atoms with Crippen LogP contribution < -0.4 is 16.4 Å². The molecule has 1 amide bonds. The number of nitrogens with zero attached hydrogens (tertiary/aromatic N) is 4. The molecule has 12 heteroatoms. The molecule has 1 aromatic carbocycles. The summed E-state index contributed by atoms with van der Waals surface area (Å²) in [5.74, 6) is -1.43. The van der Waals surface area contributed by atoms with E-state index in [0.29, 0.717) is 49.2 Å². The van der Waals surface area contributed by atoms with Crippen LogP contribution in [0, 0.1) is 23.5 Å². The van der Waals surface area contributed by atoms with Crippen LogP contribution >= 0.6 is 11.6 Å². The highest BCUT2D eigenvalue weighted by Gasteiger charge is 2.30. The van der Waals surface area contributed by atoms with Gasteiger partial charge in [0.1, 0.15) is 17.0 Å². The van der Waals surface area contributed by atoms with Crippen molar-refractivity contribution in [2.45, 2.75) is 70.1 Å². The number of aromatic nitrogens is 4. The molecule has 5 rings (SSSR count). The molecule has 2 aliphatic rings. The van der Waals surface area contributed by atoms with E-state index in [1.54, 1.807) is 6.20 Å². The predicted molar refractivity (Wildman–Crippen MR) is 137 cm³/mol. The van der Waals surface area contributed by atoms with E-state index in [1.165, 1.54) is 0 Å². The fourth-order valence-electron chi connectivity index (χ4n) is 5.38. The molecule has 3 atom stereocenters. The number of rotatable bonds is 6. The first-order valence-electron chi connectivity index (χ1n) is 12.6. The zero-order valence-electron chi connectivity index (χ0n) is 20.4. The average molecular weight is 534 g/mol. The second kappa shape index (κ2) is 10.4. The van der Waals surface area contributed by atoms with E-state index >= 15 is 0 Å². The molecule has 0 saturated heterocycles. The Kier molecular flexibility index (Phi) is 7.17. The zero-order chi connectivity index (χ0) is 26.3. The number of carbonyl (C=O) groups excluding carboxylic acids is 1. The van der Waals surface area contributed by atoms with Gasteiger partial charge in [-0.2, -0.15) is 4.98 Å². The first-order chi connectivity index (χ1) is 17.7. The summed E-state index contributed by atoms with van der Waals surface area (Å²) in [6.45, 7) is 2.04. The van der Waals surface area contributed by atoms with Crippen molar-refractivity contribution in [2.75, 3.05) is 10.6 Å². The van der Waals surface area contributed by atoms with Gasteiger partial charge in [-0.1, -0.05) is 18.5 Å². The number of halogens is 3. The molecule has 2 heterocycles. The molecular weight excluding hydrogens is 504 g/mol. The molecule has 5 N–H and O–H groups in total. The lowest BCUT2D eigenvalue weighted by molar-refractivity contribution is -0.122. The second-order valence-electron chi connectivity index (χ2n) is 10.2. The van der Waals surface area contributed by atoms with Crippen LogP contribution in [0.2, 0.25) is 5.02 Å². The lowest BCUT2D eigenvalue weighted by Gasteiger charge is -2.31. The van der Waals surface area contributed by atoms with Crippen LogP contribution in [0.5, 0.6) is 0 Å². The number of benzene rings is 1. The van der Waals surface area contributed by atoms with Crippen LogP contribution in [-0.2, 0) is 4.79 Å². The first kappa shape index (κ1) is 25.6. The predicted octanol–water partition coefficient (Wildman–Crippen LogP) is 4.68. The number of carbonyl (C=O) groups is 1. The van der Waals surface area contributed by atoms with Gasteiger partial charge in [-0.05, 0) is 63.0 Å². The third kappa shape index (κ3) is 5.19. The lowest BCUT2D eigenvalue weighted by Crippen LogP contribution is -2.35. The summed E-state index contributed by atoms with van der Waals surface area (Å²) in [5.41, 5.74) is 6.05. The van der Waals surface area contributed by atoms with Crippen LogP contribution in [0.3, 0.4) is 0 Å². The maximum Gasteiger partial charge on any atom is 0.224 e. The van der Waals surface area contributed by atoms with Crippen molar-refractivity contribution in [3.05, 3.63) is 35.0 Å². The van der Waals surface area contributed by atoms with Gasteiger partial charge in [-0.15, -0.1) is 0 Å². The Morgan fingerprint density at radius 1 is 1.16 bits per heavy atom. The van der Waals surface area contributed by atoms with Gasteiger partial charge in [0.2, 0.25) is 17.8 Å². The zero-order valence-corrected chi connectivity index (χ0v) is 21.2. The number of primary amides is 1. The third-order valence-electron chi connectivity index (χ3n) is 7.66. The summed E-state index contributed by atoms with van der Waals surface area (Å²) in [6.07, 6.45) is 5.97. The van der Waals surface area contributed by atoms with Crippen molar-refractivity contribution >= 4 is 46.3 Å². The molecule has 0 aliphatic heterocycles. The topological polar surface area (TPSA) is 131 Å². The summed E-state index contributed by atoms with van der Waals surface area (Å²) >= 11 is 5.90. The van der Waals surface area contributed by atoms with Gasteiger partial charge in [0.25, 0.3) is 0 Å². The highest BCUT2D eigenvalue weighted by atomic mass is 35.5. The van der Waals surface area contributed by atoms with E-state index in [0.717, 1.165) is 25.0 Å². The van der Waals surface area contributed by atoms with Crippen LogP contribution in [0.1, 0.15) is 57.9 Å². The minimum absolute atomic E-state index is 0.0262. The number of nitrogens with two attached hydrogens (primary N) is 1. The monoisotopic (exact) mass is 533 g/mol. The fourth-order valence-corrected chi connectivity index (χ4v) is 5.54. The summed E-state index contributed by atoms with van der Waals surface area (Å²) in [4.78, 5) is 25.4. The number of hydrogen-bond acceptors (Lipinski definition) is 7. The quantitative estimate of drug-likeness (QED) is 0.338. The largest absolute Gasteiger partial charge is 0.393 e. The number of amides is 1. The maximum absolute atomic E-state index is 14.7. The molecule has 3 aromatic rings. The van der Waals surface area contributed by atoms with Crippen molar-refractivity contribution in [2.24, 2.45) is 17.6 Å². The Hall–Kier alpha value is -3.05. The Labute approximate surface area is 217 Å².